The monoisotopic (exact) mass is 319 g/mol. The lowest BCUT2D eigenvalue weighted by Crippen LogP contribution is -2.62. The van der Waals surface area contributed by atoms with E-state index in [0.717, 1.165) is 5.56 Å². The van der Waals surface area contributed by atoms with Gasteiger partial charge < -0.3 is 18.9 Å². The molecule has 0 saturated carbocycles. The van der Waals surface area contributed by atoms with Crippen LogP contribution < -0.4 is 0 Å². The Hall–Kier alpha value is -1.63. The quantitative estimate of drug-likeness (QED) is 0.485. The van der Waals surface area contributed by atoms with Gasteiger partial charge in [0.2, 0.25) is 0 Å². The van der Waals surface area contributed by atoms with Crippen LogP contribution in [0, 0.1) is 0 Å². The van der Waals surface area contributed by atoms with E-state index in [1.54, 1.807) is 0 Å². The first-order valence-electron chi connectivity index (χ1n) is 7.81. The van der Waals surface area contributed by atoms with E-state index < -0.39 is 6.04 Å². The van der Waals surface area contributed by atoms with Gasteiger partial charge >= 0.3 is 0 Å². The van der Waals surface area contributed by atoms with Crippen LogP contribution in [0.5, 0.6) is 0 Å². The van der Waals surface area contributed by atoms with Gasteiger partial charge in [-0.2, -0.15) is 0 Å². The predicted molar refractivity (Wildman–Crippen MR) is 82.6 cm³/mol. The van der Waals surface area contributed by atoms with Crippen LogP contribution in [0.3, 0.4) is 0 Å². The lowest BCUT2D eigenvalue weighted by Gasteiger charge is -2.47. The first-order chi connectivity index (χ1) is 11.2. The maximum Gasteiger partial charge on any atom is 0.155 e. The molecule has 2 saturated heterocycles. The maximum absolute atomic E-state index is 8.87. The zero-order valence-electron chi connectivity index (χ0n) is 13.2. The molecule has 0 amide bonds. The second kappa shape index (κ2) is 7.29. The molecule has 6 atom stereocenters. The molecule has 0 aliphatic carbocycles. The Balaban J connectivity index is 1.78. The molecular weight excluding hydrogens is 298 g/mol. The molecule has 2 fully saturated rings. The van der Waals surface area contributed by atoms with Crippen molar-refractivity contribution in [3.63, 3.8) is 0 Å². The van der Waals surface area contributed by atoms with Crippen molar-refractivity contribution in [2.75, 3.05) is 6.61 Å². The second-order valence-corrected chi connectivity index (χ2v) is 5.84. The average Bonchev–Trinajstić information content (AvgIpc) is 2.56. The molecule has 124 valence electrons. The number of azide groups is 1. The van der Waals surface area contributed by atoms with E-state index in [-0.39, 0.29) is 30.7 Å². The van der Waals surface area contributed by atoms with E-state index in [1.165, 1.54) is 0 Å². The summed E-state index contributed by atoms with van der Waals surface area (Å²) in [6.07, 6.45) is -1.48. The molecule has 23 heavy (non-hydrogen) atoms. The molecule has 2 aliphatic rings. The smallest absolute Gasteiger partial charge is 0.155 e. The summed E-state index contributed by atoms with van der Waals surface area (Å²) in [5, 5.41) is 3.88. The van der Waals surface area contributed by atoms with Crippen molar-refractivity contribution in [2.45, 2.75) is 57.2 Å². The van der Waals surface area contributed by atoms with Crippen LogP contribution in [-0.4, -0.2) is 43.4 Å². The number of rotatable bonds is 4. The highest BCUT2D eigenvalue weighted by atomic mass is 16.7. The molecule has 2 aliphatic heterocycles. The summed E-state index contributed by atoms with van der Waals surface area (Å²) < 4.78 is 23.3. The minimum absolute atomic E-state index is 0.216. The third kappa shape index (κ3) is 3.65. The summed E-state index contributed by atoms with van der Waals surface area (Å²) in [5.41, 5.74) is 9.93. The molecule has 0 radical (unpaired) electrons. The summed E-state index contributed by atoms with van der Waals surface area (Å²) in [6, 6.07) is 9.45. The Morgan fingerprint density at radius 3 is 2.78 bits per heavy atom. The fourth-order valence-corrected chi connectivity index (χ4v) is 3.08. The van der Waals surface area contributed by atoms with Crippen LogP contribution in [0.1, 0.15) is 19.4 Å². The number of hydrogen-bond donors (Lipinski definition) is 0. The Morgan fingerprint density at radius 2 is 2.04 bits per heavy atom. The van der Waals surface area contributed by atoms with Crippen molar-refractivity contribution in [1.29, 1.82) is 0 Å². The lowest BCUT2D eigenvalue weighted by molar-refractivity contribution is -0.309. The Bertz CT molecular complexity index is 564. The molecule has 3 rings (SSSR count). The van der Waals surface area contributed by atoms with Gasteiger partial charge in [-0.1, -0.05) is 35.4 Å². The number of ether oxygens (including phenoxy) is 4. The molecule has 7 heteroatoms. The summed E-state index contributed by atoms with van der Waals surface area (Å²) in [5.74, 6) is 0. The number of benzene rings is 1. The van der Waals surface area contributed by atoms with Gasteiger partial charge in [0.05, 0.1) is 31.5 Å². The Morgan fingerprint density at radius 1 is 1.26 bits per heavy atom. The fourth-order valence-electron chi connectivity index (χ4n) is 3.08. The summed E-state index contributed by atoms with van der Waals surface area (Å²) in [7, 11) is 0. The van der Waals surface area contributed by atoms with E-state index in [0.29, 0.717) is 13.2 Å². The largest absolute Gasteiger partial charge is 0.370 e. The molecule has 0 N–H and O–H groups in total. The molecule has 4 unspecified atom stereocenters. The van der Waals surface area contributed by atoms with Crippen molar-refractivity contribution in [3.8, 4) is 0 Å². The summed E-state index contributed by atoms with van der Waals surface area (Å²) in [4.78, 5) is 2.95. The van der Waals surface area contributed by atoms with Crippen molar-refractivity contribution in [1.82, 2.24) is 0 Å². The van der Waals surface area contributed by atoms with E-state index in [2.05, 4.69) is 10.0 Å². The third-order valence-corrected chi connectivity index (χ3v) is 4.21. The molecule has 0 bridgehead atoms. The van der Waals surface area contributed by atoms with Crippen molar-refractivity contribution in [3.05, 3.63) is 46.3 Å². The van der Waals surface area contributed by atoms with Crippen LogP contribution >= 0.6 is 0 Å². The van der Waals surface area contributed by atoms with Gasteiger partial charge in [0, 0.05) is 4.91 Å². The van der Waals surface area contributed by atoms with E-state index >= 15 is 0 Å². The van der Waals surface area contributed by atoms with Gasteiger partial charge in [0.15, 0.2) is 6.29 Å². The highest BCUT2D eigenvalue weighted by Gasteiger charge is 2.48. The number of fused-ring (bicyclic) bond motifs is 1. The summed E-state index contributed by atoms with van der Waals surface area (Å²) in [6.45, 7) is 4.60. The highest BCUT2D eigenvalue weighted by Crippen LogP contribution is 2.32. The molecule has 1 aromatic rings. The first kappa shape index (κ1) is 16.2. The zero-order valence-corrected chi connectivity index (χ0v) is 13.2. The van der Waals surface area contributed by atoms with Gasteiger partial charge in [-0.25, -0.2) is 0 Å². The topological polar surface area (TPSA) is 85.7 Å². The lowest BCUT2D eigenvalue weighted by atomic mass is 9.93. The van der Waals surface area contributed by atoms with Gasteiger partial charge in [-0.05, 0) is 24.9 Å². The maximum atomic E-state index is 8.87. The number of hydrogen-bond acceptors (Lipinski definition) is 5. The molecular formula is C16H21N3O4. The second-order valence-electron chi connectivity index (χ2n) is 5.84. The average molecular weight is 319 g/mol. The zero-order chi connectivity index (χ0) is 16.2. The predicted octanol–water partition coefficient (Wildman–Crippen LogP) is 2.80. The van der Waals surface area contributed by atoms with E-state index in [4.69, 9.17) is 24.5 Å². The van der Waals surface area contributed by atoms with E-state index in [9.17, 15) is 0 Å². The van der Waals surface area contributed by atoms with Crippen molar-refractivity contribution < 1.29 is 18.9 Å². The van der Waals surface area contributed by atoms with Crippen LogP contribution in [0.15, 0.2) is 35.4 Å². The first-order valence-corrected chi connectivity index (χ1v) is 7.81. The van der Waals surface area contributed by atoms with Crippen molar-refractivity contribution in [2.24, 2.45) is 5.11 Å². The van der Waals surface area contributed by atoms with Crippen LogP contribution in [0.2, 0.25) is 0 Å². The molecule has 0 spiro atoms. The van der Waals surface area contributed by atoms with Gasteiger partial charge in [-0.15, -0.1) is 0 Å². The fraction of sp³-hybridized carbons (Fsp3) is 0.625. The minimum Gasteiger partial charge on any atom is -0.370 e. The van der Waals surface area contributed by atoms with Crippen LogP contribution in [-0.2, 0) is 25.6 Å². The third-order valence-electron chi connectivity index (χ3n) is 4.21. The standard InChI is InChI=1S/C16H21N3O4/c1-10-14(18-19-17)16(21-8-12-6-4-3-5-7-12)15-13(22-10)9-20-11(2)23-15/h3-7,10-11,13-16H,8-9H2,1-2H3/t10?,11?,13?,14-,15?,16-/m0/s1. The van der Waals surface area contributed by atoms with Crippen LogP contribution in [0.25, 0.3) is 10.4 Å². The van der Waals surface area contributed by atoms with E-state index in [1.807, 2.05) is 44.2 Å². The molecule has 2 heterocycles. The van der Waals surface area contributed by atoms with Gasteiger partial charge in [0.25, 0.3) is 0 Å². The minimum atomic E-state index is -0.435. The molecule has 7 nitrogen and oxygen atoms in total. The molecule has 1 aromatic carbocycles. The Kier molecular flexibility index (Phi) is 5.15. The highest BCUT2D eigenvalue weighted by molar-refractivity contribution is 5.13. The Labute approximate surface area is 135 Å². The van der Waals surface area contributed by atoms with Crippen LogP contribution in [0.4, 0.5) is 0 Å². The summed E-state index contributed by atoms with van der Waals surface area (Å²) >= 11 is 0. The van der Waals surface area contributed by atoms with Gasteiger partial charge in [0.1, 0.15) is 12.2 Å². The van der Waals surface area contributed by atoms with Crippen molar-refractivity contribution >= 4 is 0 Å². The number of nitrogens with zero attached hydrogens (tertiary/aromatic N) is 3. The SMILES string of the molecule is CC1OCC2OC(C)[C@H](N=[N+]=[N-])[C@H](OCc3ccccc3)C2O1. The molecule has 0 aromatic heterocycles. The van der Waals surface area contributed by atoms with Gasteiger partial charge in [-0.3, -0.25) is 0 Å². The normalized spacial score (nSPS) is 36.8.